The number of rotatable bonds is 6. The van der Waals surface area contributed by atoms with E-state index in [1.165, 1.54) is 0 Å². The second-order valence-corrected chi connectivity index (χ2v) is 7.60. The molecule has 0 aliphatic carbocycles. The highest BCUT2D eigenvalue weighted by molar-refractivity contribution is 7.99. The Kier molecular flexibility index (Phi) is 6.03. The van der Waals surface area contributed by atoms with Gasteiger partial charge in [0, 0.05) is 5.75 Å². The molecular weight excluding hydrogens is 392 g/mol. The predicted molar refractivity (Wildman–Crippen MR) is 89.2 cm³/mol. The SMILES string of the molecule is CC(C)(C)OC(=O)N[C@@H](CSc1c(F)c(F)c(C2=NC2)c(F)c1F)C(=O)O. The molecule has 0 aromatic heterocycles. The molecule has 0 saturated carbocycles. The lowest BCUT2D eigenvalue weighted by atomic mass is 10.1. The van der Waals surface area contributed by atoms with Crippen LogP contribution in [-0.4, -0.2) is 46.8 Å². The van der Waals surface area contributed by atoms with E-state index in [1.807, 2.05) is 5.32 Å². The maximum Gasteiger partial charge on any atom is 0.408 e. The maximum absolute atomic E-state index is 14.1. The highest BCUT2D eigenvalue weighted by atomic mass is 32.2. The number of benzene rings is 1. The zero-order valence-corrected chi connectivity index (χ0v) is 15.3. The minimum atomic E-state index is -1.65. The zero-order chi connectivity index (χ0) is 20.5. The number of carbonyl (C=O) groups excluding carboxylic acids is 1. The first kappa shape index (κ1) is 21.0. The Morgan fingerprint density at radius 1 is 1.19 bits per heavy atom. The molecule has 0 fully saturated rings. The molecule has 1 aliphatic heterocycles. The molecule has 6 nitrogen and oxygen atoms in total. The van der Waals surface area contributed by atoms with E-state index in [1.54, 1.807) is 20.8 Å². The summed E-state index contributed by atoms with van der Waals surface area (Å²) in [7, 11) is 0. The molecule has 27 heavy (non-hydrogen) atoms. The molecule has 1 aromatic carbocycles. The van der Waals surface area contributed by atoms with Crippen LogP contribution in [0.3, 0.4) is 0 Å². The minimum absolute atomic E-state index is 0.0138. The van der Waals surface area contributed by atoms with Gasteiger partial charge in [-0.15, -0.1) is 11.8 Å². The molecule has 1 aromatic rings. The molecule has 1 aliphatic rings. The molecule has 0 unspecified atom stereocenters. The van der Waals surface area contributed by atoms with Crippen LogP contribution in [0.2, 0.25) is 0 Å². The van der Waals surface area contributed by atoms with Crippen LogP contribution in [0.1, 0.15) is 26.3 Å². The number of halogens is 4. The van der Waals surface area contributed by atoms with Gasteiger partial charge in [0.15, 0.2) is 23.3 Å². The predicted octanol–water partition coefficient (Wildman–Crippen LogP) is 3.12. The molecule has 0 radical (unpaired) electrons. The van der Waals surface area contributed by atoms with E-state index in [0.29, 0.717) is 0 Å². The van der Waals surface area contributed by atoms with Gasteiger partial charge in [-0.1, -0.05) is 0 Å². The van der Waals surface area contributed by atoms with Crippen LogP contribution in [0.5, 0.6) is 0 Å². The number of carbonyl (C=O) groups is 2. The molecule has 148 valence electrons. The molecule has 1 atom stereocenters. The number of aliphatic imine (C=N–C) groups is 1. The average molecular weight is 408 g/mol. The van der Waals surface area contributed by atoms with Crippen LogP contribution < -0.4 is 5.32 Å². The monoisotopic (exact) mass is 408 g/mol. The van der Waals surface area contributed by atoms with E-state index >= 15 is 0 Å². The van der Waals surface area contributed by atoms with E-state index in [2.05, 4.69) is 4.99 Å². The number of nitrogens with zero attached hydrogens (tertiary/aromatic N) is 1. The highest BCUT2D eigenvalue weighted by Crippen LogP contribution is 2.33. The molecule has 2 rings (SSSR count). The molecule has 1 heterocycles. The molecule has 1 amide bonds. The van der Waals surface area contributed by atoms with Crippen molar-refractivity contribution < 1.29 is 37.0 Å². The Morgan fingerprint density at radius 3 is 2.11 bits per heavy atom. The topological polar surface area (TPSA) is 88.0 Å². The maximum atomic E-state index is 14.1. The summed E-state index contributed by atoms with van der Waals surface area (Å²) in [6, 6.07) is -1.61. The lowest BCUT2D eigenvalue weighted by Crippen LogP contribution is -2.44. The molecule has 11 heteroatoms. The number of ether oxygens (including phenoxy) is 1. The number of nitrogens with one attached hydrogen (secondary N) is 1. The summed E-state index contributed by atoms with van der Waals surface area (Å²) < 4.78 is 61.1. The Balaban J connectivity index is 2.17. The normalized spacial score (nSPS) is 14.4. The largest absolute Gasteiger partial charge is 0.480 e. The van der Waals surface area contributed by atoms with Crippen LogP contribution >= 0.6 is 11.8 Å². The van der Waals surface area contributed by atoms with Crippen LogP contribution in [-0.2, 0) is 9.53 Å². The summed E-state index contributed by atoms with van der Waals surface area (Å²) in [4.78, 5) is 25.4. The number of alkyl carbamates (subject to hydrolysis) is 1. The van der Waals surface area contributed by atoms with Crippen LogP contribution in [0.4, 0.5) is 22.4 Å². The number of hydrogen-bond donors (Lipinski definition) is 2. The number of hydrogen-bond acceptors (Lipinski definition) is 5. The van der Waals surface area contributed by atoms with Gasteiger partial charge in [-0.2, -0.15) is 0 Å². The standard InChI is InChI=1S/C16H16F4N2O4S/c1-16(2,3)26-15(25)22-7(14(23)24)5-27-13-11(19)9(17)8(6-4-21-6)10(18)12(13)20/h7H,4-5H2,1-3H3,(H,22,25)(H,23,24)/t7-/m0/s1. The fourth-order valence-electron chi connectivity index (χ4n) is 1.98. The van der Waals surface area contributed by atoms with Gasteiger partial charge in [0.05, 0.1) is 22.7 Å². The van der Waals surface area contributed by atoms with E-state index in [0.717, 1.165) is 0 Å². The number of carboxylic acids is 1. The second kappa shape index (κ2) is 7.75. The minimum Gasteiger partial charge on any atom is -0.480 e. The molecule has 0 saturated heterocycles. The van der Waals surface area contributed by atoms with E-state index in [4.69, 9.17) is 9.84 Å². The van der Waals surface area contributed by atoms with Crippen LogP contribution in [0.25, 0.3) is 0 Å². The first-order chi connectivity index (χ1) is 12.4. The van der Waals surface area contributed by atoms with Crippen molar-refractivity contribution in [2.75, 3.05) is 12.3 Å². The summed E-state index contributed by atoms with van der Waals surface area (Å²) >= 11 is 0.218. The molecular formula is C16H16F4N2O4S. The third-order valence-electron chi connectivity index (χ3n) is 3.21. The Labute approximate surface area is 156 Å². The van der Waals surface area contributed by atoms with Gasteiger partial charge in [0.2, 0.25) is 0 Å². The Hall–Kier alpha value is -2.30. The zero-order valence-electron chi connectivity index (χ0n) is 14.5. The Morgan fingerprint density at radius 2 is 1.70 bits per heavy atom. The molecule has 0 bridgehead atoms. The summed E-state index contributed by atoms with van der Waals surface area (Å²) in [5.74, 6) is -8.60. The molecule has 0 spiro atoms. The fraction of sp³-hybridized carbons (Fsp3) is 0.438. The second-order valence-electron chi connectivity index (χ2n) is 6.57. The van der Waals surface area contributed by atoms with Gasteiger partial charge in [0.25, 0.3) is 0 Å². The van der Waals surface area contributed by atoms with Crippen LogP contribution in [0.15, 0.2) is 9.89 Å². The summed E-state index contributed by atoms with van der Waals surface area (Å²) in [6.07, 6.45) is -1.06. The van der Waals surface area contributed by atoms with Crippen molar-refractivity contribution in [1.82, 2.24) is 5.32 Å². The van der Waals surface area contributed by atoms with Crippen molar-refractivity contribution in [1.29, 1.82) is 0 Å². The number of aliphatic carboxylic acids is 1. The first-order valence-electron chi connectivity index (χ1n) is 7.67. The number of thioether (sulfide) groups is 1. The third kappa shape index (κ3) is 5.12. The van der Waals surface area contributed by atoms with Gasteiger partial charge >= 0.3 is 12.1 Å². The highest BCUT2D eigenvalue weighted by Gasteiger charge is 2.32. The van der Waals surface area contributed by atoms with Crippen molar-refractivity contribution in [3.05, 3.63) is 28.8 Å². The lowest BCUT2D eigenvalue weighted by molar-refractivity contribution is -0.138. The van der Waals surface area contributed by atoms with Crippen LogP contribution in [0, 0.1) is 23.3 Å². The number of amides is 1. The summed E-state index contributed by atoms with van der Waals surface area (Å²) in [5.41, 5.74) is -1.85. The van der Waals surface area contributed by atoms with Crippen molar-refractivity contribution >= 4 is 29.5 Å². The van der Waals surface area contributed by atoms with Gasteiger partial charge < -0.3 is 15.2 Å². The van der Waals surface area contributed by atoms with Gasteiger partial charge in [-0.3, -0.25) is 4.99 Å². The van der Waals surface area contributed by atoms with E-state index in [9.17, 15) is 27.2 Å². The first-order valence-corrected chi connectivity index (χ1v) is 8.65. The van der Waals surface area contributed by atoms with Crippen molar-refractivity contribution in [3.63, 3.8) is 0 Å². The van der Waals surface area contributed by atoms with E-state index in [-0.39, 0.29) is 24.0 Å². The third-order valence-corrected chi connectivity index (χ3v) is 4.36. The Bertz CT molecular complexity index is 795. The van der Waals surface area contributed by atoms with Crippen molar-refractivity contribution in [2.24, 2.45) is 4.99 Å². The number of carboxylic acid groups (broad SMARTS) is 1. The lowest BCUT2D eigenvalue weighted by Gasteiger charge is -2.22. The van der Waals surface area contributed by atoms with E-state index < -0.39 is 63.2 Å². The summed E-state index contributed by atoms with van der Waals surface area (Å²) in [5, 5.41) is 11.2. The summed E-state index contributed by atoms with van der Waals surface area (Å²) in [6.45, 7) is 4.65. The van der Waals surface area contributed by atoms with Gasteiger partial charge in [-0.25, -0.2) is 27.2 Å². The quantitative estimate of drug-likeness (QED) is 0.429. The van der Waals surface area contributed by atoms with Crippen molar-refractivity contribution in [2.45, 2.75) is 37.3 Å². The van der Waals surface area contributed by atoms with Crippen molar-refractivity contribution in [3.8, 4) is 0 Å². The average Bonchev–Trinajstić information content (AvgIpc) is 3.35. The molecule has 2 N–H and O–H groups in total. The van der Waals surface area contributed by atoms with Gasteiger partial charge in [0.1, 0.15) is 11.6 Å². The smallest absolute Gasteiger partial charge is 0.408 e. The van der Waals surface area contributed by atoms with Gasteiger partial charge in [-0.05, 0) is 20.8 Å². The fourth-order valence-corrected chi connectivity index (χ4v) is 2.97.